The van der Waals surface area contributed by atoms with Crippen LogP contribution in [0.1, 0.15) is 5.56 Å². The second-order valence-corrected chi connectivity index (χ2v) is 6.92. The fourth-order valence-corrected chi connectivity index (χ4v) is 3.16. The van der Waals surface area contributed by atoms with Crippen LogP contribution in [0.2, 0.25) is 0 Å². The van der Waals surface area contributed by atoms with Crippen molar-refractivity contribution in [2.24, 2.45) is 0 Å². The van der Waals surface area contributed by atoms with Crippen molar-refractivity contribution >= 4 is 27.7 Å². The highest BCUT2D eigenvalue weighted by atomic mass is 32.2. The SMILES string of the molecule is C=CCNC(=O)/C=C/c1ccc(S(=O)(=O)Nc2ccccc2OC)cc1. The van der Waals surface area contributed by atoms with Crippen molar-refractivity contribution in [1.82, 2.24) is 5.32 Å². The molecule has 0 atom stereocenters. The fourth-order valence-electron chi connectivity index (χ4n) is 2.09. The minimum Gasteiger partial charge on any atom is -0.495 e. The van der Waals surface area contributed by atoms with Gasteiger partial charge in [-0.3, -0.25) is 9.52 Å². The Morgan fingerprint density at radius 3 is 2.50 bits per heavy atom. The number of sulfonamides is 1. The van der Waals surface area contributed by atoms with E-state index in [-0.39, 0.29) is 10.8 Å². The molecule has 0 aliphatic carbocycles. The first-order valence-corrected chi connectivity index (χ1v) is 9.27. The van der Waals surface area contributed by atoms with Crippen LogP contribution in [0.5, 0.6) is 5.75 Å². The third-order valence-electron chi connectivity index (χ3n) is 3.39. The minimum absolute atomic E-state index is 0.108. The zero-order valence-electron chi connectivity index (χ0n) is 14.3. The monoisotopic (exact) mass is 372 g/mol. The maximum absolute atomic E-state index is 12.5. The van der Waals surface area contributed by atoms with Crippen LogP contribution in [-0.2, 0) is 14.8 Å². The summed E-state index contributed by atoms with van der Waals surface area (Å²) in [6.45, 7) is 3.90. The number of rotatable bonds is 8. The highest BCUT2D eigenvalue weighted by molar-refractivity contribution is 7.92. The van der Waals surface area contributed by atoms with Crippen molar-refractivity contribution in [2.45, 2.75) is 4.90 Å². The van der Waals surface area contributed by atoms with Gasteiger partial charge in [0, 0.05) is 12.6 Å². The quantitative estimate of drug-likeness (QED) is 0.551. The van der Waals surface area contributed by atoms with Crippen molar-refractivity contribution in [1.29, 1.82) is 0 Å². The number of para-hydroxylation sites is 2. The van der Waals surface area contributed by atoms with Gasteiger partial charge in [0.1, 0.15) is 5.75 Å². The van der Waals surface area contributed by atoms with Crippen molar-refractivity contribution in [2.75, 3.05) is 18.4 Å². The number of benzene rings is 2. The number of carbonyl (C=O) groups is 1. The predicted octanol–water partition coefficient (Wildman–Crippen LogP) is 2.81. The Labute approximate surface area is 153 Å². The normalized spacial score (nSPS) is 11.1. The van der Waals surface area contributed by atoms with Crippen LogP contribution in [0.3, 0.4) is 0 Å². The molecule has 0 aromatic heterocycles. The molecule has 0 unspecified atom stereocenters. The Morgan fingerprint density at radius 1 is 1.15 bits per heavy atom. The molecule has 136 valence electrons. The van der Waals surface area contributed by atoms with E-state index in [4.69, 9.17) is 4.74 Å². The Hall–Kier alpha value is -3.06. The Kier molecular flexibility index (Phi) is 6.57. The van der Waals surface area contributed by atoms with Gasteiger partial charge in [-0.2, -0.15) is 0 Å². The Bertz CT molecular complexity index is 903. The molecule has 0 bridgehead atoms. The highest BCUT2D eigenvalue weighted by Gasteiger charge is 2.16. The molecule has 0 heterocycles. The second-order valence-electron chi connectivity index (χ2n) is 5.24. The summed E-state index contributed by atoms with van der Waals surface area (Å²) in [6, 6.07) is 12.9. The van der Waals surface area contributed by atoms with E-state index >= 15 is 0 Å². The lowest BCUT2D eigenvalue weighted by molar-refractivity contribution is -0.116. The molecule has 0 fully saturated rings. The van der Waals surface area contributed by atoms with Gasteiger partial charge in [-0.05, 0) is 35.9 Å². The maximum Gasteiger partial charge on any atom is 0.262 e. The largest absolute Gasteiger partial charge is 0.495 e. The molecule has 0 saturated carbocycles. The van der Waals surface area contributed by atoms with Crippen LogP contribution in [0, 0.1) is 0 Å². The third-order valence-corrected chi connectivity index (χ3v) is 4.77. The summed E-state index contributed by atoms with van der Waals surface area (Å²) in [4.78, 5) is 11.6. The van der Waals surface area contributed by atoms with Gasteiger partial charge in [-0.15, -0.1) is 6.58 Å². The number of carbonyl (C=O) groups excluding carboxylic acids is 1. The average molecular weight is 372 g/mol. The average Bonchev–Trinajstić information content (AvgIpc) is 2.65. The van der Waals surface area contributed by atoms with Crippen LogP contribution in [-0.4, -0.2) is 28.0 Å². The molecule has 1 amide bonds. The molecule has 2 rings (SSSR count). The lowest BCUT2D eigenvalue weighted by Crippen LogP contribution is -2.20. The van der Waals surface area contributed by atoms with Crippen molar-refractivity contribution in [3.63, 3.8) is 0 Å². The Morgan fingerprint density at radius 2 is 1.85 bits per heavy atom. The smallest absolute Gasteiger partial charge is 0.262 e. The molecule has 2 aromatic carbocycles. The van der Waals surface area contributed by atoms with Crippen molar-refractivity contribution in [3.05, 3.63) is 72.8 Å². The van der Waals surface area contributed by atoms with Gasteiger partial charge >= 0.3 is 0 Å². The van der Waals surface area contributed by atoms with Crippen LogP contribution in [0.25, 0.3) is 6.08 Å². The van der Waals surface area contributed by atoms with Gasteiger partial charge < -0.3 is 10.1 Å². The molecule has 0 radical (unpaired) electrons. The molecule has 0 aliphatic heterocycles. The van der Waals surface area contributed by atoms with E-state index in [1.165, 1.54) is 25.3 Å². The number of methoxy groups -OCH3 is 1. The molecule has 2 aromatic rings. The zero-order valence-corrected chi connectivity index (χ0v) is 15.1. The second kappa shape index (κ2) is 8.87. The number of nitrogens with one attached hydrogen (secondary N) is 2. The zero-order chi connectivity index (χ0) is 19.0. The molecular formula is C19H20N2O4S. The summed E-state index contributed by atoms with van der Waals surface area (Å²) in [5.41, 5.74) is 1.06. The lowest BCUT2D eigenvalue weighted by Gasteiger charge is -2.11. The number of hydrogen-bond donors (Lipinski definition) is 2. The standard InChI is InChI=1S/C19H20N2O4S/c1-3-14-20-19(22)13-10-15-8-11-16(12-9-15)26(23,24)21-17-6-4-5-7-18(17)25-2/h3-13,21H,1,14H2,2H3,(H,20,22)/b13-10+. The van der Waals surface area contributed by atoms with Crippen molar-refractivity contribution < 1.29 is 17.9 Å². The first kappa shape index (κ1) is 19.3. The molecule has 7 heteroatoms. The van der Waals surface area contributed by atoms with Gasteiger partial charge in [-0.25, -0.2) is 8.42 Å². The van der Waals surface area contributed by atoms with Crippen LogP contribution >= 0.6 is 0 Å². The highest BCUT2D eigenvalue weighted by Crippen LogP contribution is 2.26. The van der Waals surface area contributed by atoms with E-state index < -0.39 is 10.0 Å². The third kappa shape index (κ3) is 5.22. The van der Waals surface area contributed by atoms with Crippen molar-refractivity contribution in [3.8, 4) is 5.75 Å². The molecule has 2 N–H and O–H groups in total. The van der Waals surface area contributed by atoms with Crippen LogP contribution in [0.4, 0.5) is 5.69 Å². The van der Waals surface area contributed by atoms with E-state index in [1.807, 2.05) is 0 Å². The lowest BCUT2D eigenvalue weighted by atomic mass is 10.2. The maximum atomic E-state index is 12.5. The first-order valence-electron chi connectivity index (χ1n) is 7.79. The first-order chi connectivity index (χ1) is 12.5. The summed E-state index contributed by atoms with van der Waals surface area (Å²) in [6.07, 6.45) is 4.56. The number of ether oxygens (including phenoxy) is 1. The van der Waals surface area contributed by atoms with Crippen LogP contribution < -0.4 is 14.8 Å². The van der Waals surface area contributed by atoms with Gasteiger partial charge in [0.2, 0.25) is 5.91 Å². The molecular weight excluding hydrogens is 352 g/mol. The Balaban J connectivity index is 2.12. The topological polar surface area (TPSA) is 84.5 Å². The van der Waals surface area contributed by atoms with Gasteiger partial charge in [-0.1, -0.05) is 30.3 Å². The van der Waals surface area contributed by atoms with E-state index in [9.17, 15) is 13.2 Å². The van der Waals surface area contributed by atoms with Gasteiger partial charge in [0.15, 0.2) is 0 Å². The van der Waals surface area contributed by atoms with Gasteiger partial charge in [0.05, 0.1) is 17.7 Å². The summed E-state index contributed by atoms with van der Waals surface area (Å²) < 4.78 is 32.7. The minimum atomic E-state index is -3.75. The molecule has 26 heavy (non-hydrogen) atoms. The fraction of sp³-hybridized carbons (Fsp3) is 0.105. The predicted molar refractivity (Wildman–Crippen MR) is 102 cm³/mol. The summed E-state index contributed by atoms with van der Waals surface area (Å²) in [5, 5.41) is 2.61. The summed E-state index contributed by atoms with van der Waals surface area (Å²) in [5.74, 6) is 0.181. The van der Waals surface area contributed by atoms with E-state index in [0.717, 1.165) is 0 Å². The van der Waals surface area contributed by atoms with E-state index in [0.29, 0.717) is 23.5 Å². The van der Waals surface area contributed by atoms with Gasteiger partial charge in [0.25, 0.3) is 10.0 Å². The van der Waals surface area contributed by atoms with E-state index in [1.54, 1.807) is 48.6 Å². The number of hydrogen-bond acceptors (Lipinski definition) is 4. The summed E-state index contributed by atoms with van der Waals surface area (Å²) in [7, 11) is -2.28. The molecule has 0 aliphatic rings. The molecule has 0 spiro atoms. The number of anilines is 1. The summed E-state index contributed by atoms with van der Waals surface area (Å²) >= 11 is 0. The molecule has 6 nitrogen and oxygen atoms in total. The molecule has 0 saturated heterocycles. The van der Waals surface area contributed by atoms with Crippen LogP contribution in [0.15, 0.2) is 72.2 Å². The van der Waals surface area contributed by atoms with E-state index in [2.05, 4.69) is 16.6 Å². The number of amides is 1.